The van der Waals surface area contributed by atoms with Crippen LogP contribution in [0, 0.1) is 0 Å². The van der Waals surface area contributed by atoms with E-state index in [1.165, 1.54) is 16.0 Å². The lowest BCUT2D eigenvalue weighted by molar-refractivity contribution is 0.413. The van der Waals surface area contributed by atoms with Gasteiger partial charge in [-0.3, -0.25) is 0 Å². The lowest BCUT2D eigenvalue weighted by Gasteiger charge is -2.16. The number of rotatable bonds is 7. The van der Waals surface area contributed by atoms with Crippen molar-refractivity contribution < 1.29 is 9.47 Å². The van der Waals surface area contributed by atoms with Crippen LogP contribution in [0.1, 0.15) is 24.1 Å². The average molecular weight is 353 g/mol. The number of hydrogen-bond donors (Lipinski definition) is 1. The molecule has 0 saturated heterocycles. The summed E-state index contributed by atoms with van der Waals surface area (Å²) in [6, 6.07) is 19.0. The molecule has 2 aromatic carbocycles. The molecule has 1 heterocycles. The second-order valence-electron chi connectivity index (χ2n) is 5.89. The molecule has 0 spiro atoms. The van der Waals surface area contributed by atoms with Crippen molar-refractivity contribution in [1.82, 2.24) is 5.32 Å². The quantitative estimate of drug-likeness (QED) is 0.626. The molecule has 1 unspecified atom stereocenters. The minimum Gasteiger partial charge on any atom is -0.497 e. The molecule has 4 heteroatoms. The minimum absolute atomic E-state index is 0.238. The molecule has 0 aliphatic rings. The molecule has 25 heavy (non-hydrogen) atoms. The first-order chi connectivity index (χ1) is 12.2. The largest absolute Gasteiger partial charge is 0.497 e. The van der Waals surface area contributed by atoms with Gasteiger partial charge in [-0.05, 0) is 53.8 Å². The number of nitrogens with one attached hydrogen (secondary N) is 1. The van der Waals surface area contributed by atoms with E-state index in [0.29, 0.717) is 0 Å². The summed E-state index contributed by atoms with van der Waals surface area (Å²) >= 11 is 1.73. The highest BCUT2D eigenvalue weighted by atomic mass is 32.1. The molecule has 1 atom stereocenters. The smallest absolute Gasteiger partial charge is 0.127 e. The van der Waals surface area contributed by atoms with Crippen LogP contribution in [0.4, 0.5) is 0 Å². The number of ether oxygens (including phenoxy) is 2. The standard InChI is InChI=1S/C21H23NO2S/c1-15(17-6-4-7-18(13-17)23-2)22-14-16-9-10-20(24-3)19(12-16)21-8-5-11-25-21/h4-13,15,22H,14H2,1-3H3. The summed E-state index contributed by atoms with van der Waals surface area (Å²) in [5.74, 6) is 1.79. The van der Waals surface area contributed by atoms with E-state index in [1.807, 2.05) is 18.2 Å². The van der Waals surface area contributed by atoms with Crippen LogP contribution in [0.2, 0.25) is 0 Å². The molecule has 0 radical (unpaired) electrons. The highest BCUT2D eigenvalue weighted by molar-refractivity contribution is 7.13. The molecule has 0 bridgehead atoms. The van der Waals surface area contributed by atoms with Gasteiger partial charge in [0, 0.05) is 23.0 Å². The average Bonchev–Trinajstić information content (AvgIpc) is 3.20. The number of thiophene rings is 1. The summed E-state index contributed by atoms with van der Waals surface area (Å²) in [4.78, 5) is 1.22. The van der Waals surface area contributed by atoms with Crippen LogP contribution in [0.3, 0.4) is 0 Å². The van der Waals surface area contributed by atoms with Crippen molar-refractivity contribution in [1.29, 1.82) is 0 Å². The Hall–Kier alpha value is -2.30. The summed E-state index contributed by atoms with van der Waals surface area (Å²) in [6.45, 7) is 2.96. The van der Waals surface area contributed by atoms with Crippen LogP contribution in [-0.4, -0.2) is 14.2 Å². The highest BCUT2D eigenvalue weighted by Crippen LogP contribution is 2.34. The van der Waals surface area contributed by atoms with Gasteiger partial charge in [0.2, 0.25) is 0 Å². The molecule has 1 aromatic heterocycles. The molecule has 3 nitrogen and oxygen atoms in total. The molecule has 1 N–H and O–H groups in total. The van der Waals surface area contributed by atoms with Crippen LogP contribution in [0.5, 0.6) is 11.5 Å². The molecular formula is C21H23NO2S. The Kier molecular flexibility index (Phi) is 5.74. The van der Waals surface area contributed by atoms with Gasteiger partial charge in [0.1, 0.15) is 11.5 Å². The Morgan fingerprint density at radius 2 is 1.88 bits per heavy atom. The maximum atomic E-state index is 5.52. The lowest BCUT2D eigenvalue weighted by Crippen LogP contribution is -2.18. The molecule has 130 valence electrons. The van der Waals surface area contributed by atoms with Crippen LogP contribution in [0.15, 0.2) is 60.0 Å². The van der Waals surface area contributed by atoms with Crippen molar-refractivity contribution in [3.05, 3.63) is 71.1 Å². The Morgan fingerprint density at radius 3 is 2.60 bits per heavy atom. The van der Waals surface area contributed by atoms with Gasteiger partial charge in [-0.1, -0.05) is 24.3 Å². The van der Waals surface area contributed by atoms with Crippen molar-refractivity contribution in [3.8, 4) is 21.9 Å². The summed E-state index contributed by atoms with van der Waals surface area (Å²) in [6.07, 6.45) is 0. The molecule has 0 fully saturated rings. The molecule has 0 aliphatic carbocycles. The molecule has 3 rings (SSSR count). The van der Waals surface area contributed by atoms with Crippen molar-refractivity contribution in [2.24, 2.45) is 0 Å². The van der Waals surface area contributed by atoms with E-state index >= 15 is 0 Å². The van der Waals surface area contributed by atoms with E-state index in [2.05, 4.69) is 54.0 Å². The third-order valence-corrected chi connectivity index (χ3v) is 5.16. The van der Waals surface area contributed by atoms with E-state index in [4.69, 9.17) is 9.47 Å². The zero-order valence-electron chi connectivity index (χ0n) is 14.8. The second kappa shape index (κ2) is 8.19. The van der Waals surface area contributed by atoms with Gasteiger partial charge in [-0.15, -0.1) is 11.3 Å². The number of benzene rings is 2. The SMILES string of the molecule is COc1cccc(C(C)NCc2ccc(OC)c(-c3cccs3)c2)c1. The first-order valence-corrected chi connectivity index (χ1v) is 9.17. The van der Waals surface area contributed by atoms with Gasteiger partial charge in [0.15, 0.2) is 0 Å². The fraction of sp³-hybridized carbons (Fsp3) is 0.238. The Balaban J connectivity index is 1.73. The van der Waals surface area contributed by atoms with E-state index in [9.17, 15) is 0 Å². The zero-order chi connectivity index (χ0) is 17.6. The van der Waals surface area contributed by atoms with E-state index in [-0.39, 0.29) is 6.04 Å². The number of methoxy groups -OCH3 is 2. The van der Waals surface area contributed by atoms with Gasteiger partial charge in [0.05, 0.1) is 14.2 Å². The minimum atomic E-state index is 0.238. The van der Waals surface area contributed by atoms with Crippen LogP contribution in [-0.2, 0) is 6.54 Å². The van der Waals surface area contributed by atoms with Crippen LogP contribution >= 0.6 is 11.3 Å². The highest BCUT2D eigenvalue weighted by Gasteiger charge is 2.10. The summed E-state index contributed by atoms with van der Waals surface area (Å²) in [5, 5.41) is 5.67. The molecule has 0 saturated carbocycles. The normalized spacial score (nSPS) is 12.0. The summed E-state index contributed by atoms with van der Waals surface area (Å²) in [7, 11) is 3.41. The molecule has 0 aliphatic heterocycles. The fourth-order valence-corrected chi connectivity index (χ4v) is 3.54. The molecule has 3 aromatic rings. The topological polar surface area (TPSA) is 30.5 Å². The van der Waals surface area contributed by atoms with Crippen LogP contribution < -0.4 is 14.8 Å². The lowest BCUT2D eigenvalue weighted by atomic mass is 10.1. The van der Waals surface area contributed by atoms with Gasteiger partial charge in [0.25, 0.3) is 0 Å². The van der Waals surface area contributed by atoms with E-state index in [1.54, 1.807) is 25.6 Å². The predicted molar refractivity (Wildman–Crippen MR) is 105 cm³/mol. The predicted octanol–water partition coefficient (Wildman–Crippen LogP) is 5.28. The third kappa shape index (κ3) is 4.21. The first-order valence-electron chi connectivity index (χ1n) is 8.29. The van der Waals surface area contributed by atoms with Crippen molar-refractivity contribution in [3.63, 3.8) is 0 Å². The van der Waals surface area contributed by atoms with E-state index < -0.39 is 0 Å². The fourth-order valence-electron chi connectivity index (χ4n) is 2.79. The van der Waals surface area contributed by atoms with E-state index in [0.717, 1.165) is 23.6 Å². The van der Waals surface area contributed by atoms with Gasteiger partial charge in [-0.25, -0.2) is 0 Å². The maximum Gasteiger partial charge on any atom is 0.127 e. The Morgan fingerprint density at radius 1 is 1.00 bits per heavy atom. The van der Waals surface area contributed by atoms with Crippen LogP contribution in [0.25, 0.3) is 10.4 Å². The molecule has 0 amide bonds. The summed E-state index contributed by atoms with van der Waals surface area (Å²) < 4.78 is 10.8. The van der Waals surface area contributed by atoms with Crippen molar-refractivity contribution in [2.45, 2.75) is 19.5 Å². The Bertz CT molecular complexity index is 815. The zero-order valence-corrected chi connectivity index (χ0v) is 15.6. The third-order valence-electron chi connectivity index (χ3n) is 4.26. The maximum absolute atomic E-state index is 5.52. The van der Waals surface area contributed by atoms with Crippen molar-refractivity contribution in [2.75, 3.05) is 14.2 Å². The summed E-state index contributed by atoms with van der Waals surface area (Å²) in [5.41, 5.74) is 3.59. The van der Waals surface area contributed by atoms with Gasteiger partial charge < -0.3 is 14.8 Å². The van der Waals surface area contributed by atoms with Crippen molar-refractivity contribution >= 4 is 11.3 Å². The second-order valence-corrected chi connectivity index (χ2v) is 6.84. The molecular weight excluding hydrogens is 330 g/mol. The monoisotopic (exact) mass is 353 g/mol. The van der Waals surface area contributed by atoms with Gasteiger partial charge in [-0.2, -0.15) is 0 Å². The van der Waals surface area contributed by atoms with Gasteiger partial charge >= 0.3 is 0 Å². The Labute approximate surface area is 153 Å². The number of hydrogen-bond acceptors (Lipinski definition) is 4. The first kappa shape index (κ1) is 17.5.